The van der Waals surface area contributed by atoms with Gasteiger partial charge in [0, 0.05) is 37.3 Å². The number of ether oxygens (including phenoxy) is 2. The first-order valence-electron chi connectivity index (χ1n) is 15.0. The van der Waals surface area contributed by atoms with Gasteiger partial charge >= 0.3 is 0 Å². The normalized spacial score (nSPS) is 23.5. The van der Waals surface area contributed by atoms with Gasteiger partial charge in [0.05, 0.1) is 31.5 Å². The summed E-state index contributed by atoms with van der Waals surface area (Å²) in [6.07, 6.45) is 7.92. The lowest BCUT2D eigenvalue weighted by Crippen LogP contribution is -2.55. The summed E-state index contributed by atoms with van der Waals surface area (Å²) < 4.78 is 14.1. The van der Waals surface area contributed by atoms with E-state index in [1.807, 2.05) is 57.1 Å². The summed E-state index contributed by atoms with van der Waals surface area (Å²) in [7, 11) is 1.69. The zero-order valence-corrected chi connectivity index (χ0v) is 25.1. The SMILES string of the molecule is C=C[C@H]1CN2CC[C@H]1C[C@@H]2[C@H](OCc1cn([C@H](C(=O)N(CC)CC)C(C)C)nn1)c1ccnc2ccc(OC)cc12. The van der Waals surface area contributed by atoms with E-state index in [9.17, 15) is 4.79 Å². The number of aromatic nitrogens is 4. The van der Waals surface area contributed by atoms with Gasteiger partial charge in [0.25, 0.3) is 0 Å². The topological polar surface area (TPSA) is 85.6 Å². The number of hydrogen-bond acceptors (Lipinski definition) is 7. The van der Waals surface area contributed by atoms with Crippen LogP contribution in [0, 0.1) is 17.8 Å². The lowest BCUT2D eigenvalue weighted by Gasteiger charge is -2.51. The molecule has 2 aromatic heterocycles. The van der Waals surface area contributed by atoms with E-state index in [1.165, 1.54) is 6.42 Å². The highest BCUT2D eigenvalue weighted by molar-refractivity contribution is 5.84. The zero-order chi connectivity index (χ0) is 29.1. The summed E-state index contributed by atoms with van der Waals surface area (Å²) in [6.45, 7) is 15.9. The van der Waals surface area contributed by atoms with E-state index in [0.29, 0.717) is 37.2 Å². The lowest BCUT2D eigenvalue weighted by atomic mass is 9.73. The van der Waals surface area contributed by atoms with Crippen LogP contribution in [0.3, 0.4) is 0 Å². The van der Waals surface area contributed by atoms with Crippen LogP contribution >= 0.6 is 0 Å². The third-order valence-electron chi connectivity index (χ3n) is 9.01. The van der Waals surface area contributed by atoms with Crippen molar-refractivity contribution in [2.75, 3.05) is 33.3 Å². The summed E-state index contributed by atoms with van der Waals surface area (Å²) >= 11 is 0. The second-order valence-corrected chi connectivity index (χ2v) is 11.7. The van der Waals surface area contributed by atoms with E-state index in [2.05, 4.69) is 45.0 Å². The minimum Gasteiger partial charge on any atom is -0.497 e. The number of hydrogen-bond donors (Lipinski definition) is 0. The monoisotopic (exact) mass is 560 g/mol. The van der Waals surface area contributed by atoms with Gasteiger partial charge in [-0.25, -0.2) is 4.68 Å². The largest absolute Gasteiger partial charge is 0.497 e. The standard InChI is InChI=1S/C32H44N6O3/c1-7-22-18-37-15-13-23(22)16-29(37)31(26-12-14-33-28-11-10-25(40-6)17-27(26)28)41-20-24-19-38(35-34-24)30(21(4)5)32(39)36(8-2)9-3/h7,10-12,14,17,19,21-23,29-31H,1,8-9,13,15-16,18,20H2,2-6H3/t22-,23-,29+,30-,31+/m0/s1. The smallest absolute Gasteiger partial charge is 0.247 e. The fourth-order valence-corrected chi connectivity index (χ4v) is 6.74. The highest BCUT2D eigenvalue weighted by atomic mass is 16.5. The van der Waals surface area contributed by atoms with E-state index in [-0.39, 0.29) is 24.0 Å². The Kier molecular flexibility index (Phi) is 9.04. The van der Waals surface area contributed by atoms with Gasteiger partial charge in [0.15, 0.2) is 0 Å². The Bertz CT molecular complexity index is 1350. The highest BCUT2D eigenvalue weighted by Crippen LogP contribution is 2.44. The Labute approximate surface area is 243 Å². The van der Waals surface area contributed by atoms with Gasteiger partial charge in [-0.05, 0) is 80.8 Å². The molecule has 0 aliphatic carbocycles. The summed E-state index contributed by atoms with van der Waals surface area (Å²) in [5.74, 6) is 2.07. The molecule has 5 heterocycles. The van der Waals surface area contributed by atoms with Crippen molar-refractivity contribution in [3.05, 3.63) is 60.6 Å². The molecule has 3 aromatic rings. The fraction of sp³-hybridized carbons (Fsp3) is 0.562. The highest BCUT2D eigenvalue weighted by Gasteiger charge is 2.43. The number of benzene rings is 1. The van der Waals surface area contributed by atoms with Gasteiger partial charge in [-0.3, -0.25) is 14.7 Å². The molecule has 220 valence electrons. The predicted molar refractivity (Wildman–Crippen MR) is 159 cm³/mol. The van der Waals surface area contributed by atoms with Crippen LogP contribution in [0.25, 0.3) is 10.9 Å². The summed E-state index contributed by atoms with van der Waals surface area (Å²) in [4.78, 5) is 22.3. The molecule has 9 nitrogen and oxygen atoms in total. The average molecular weight is 561 g/mol. The lowest BCUT2D eigenvalue weighted by molar-refractivity contribution is -0.136. The molecule has 0 N–H and O–H groups in total. The van der Waals surface area contributed by atoms with Crippen molar-refractivity contribution in [2.45, 2.75) is 65.3 Å². The van der Waals surface area contributed by atoms with Crippen molar-refractivity contribution in [3.8, 4) is 5.75 Å². The second kappa shape index (κ2) is 12.7. The van der Waals surface area contributed by atoms with E-state index in [0.717, 1.165) is 41.7 Å². The van der Waals surface area contributed by atoms with Gasteiger partial charge in [-0.15, -0.1) is 11.7 Å². The first-order chi connectivity index (χ1) is 19.9. The van der Waals surface area contributed by atoms with E-state index < -0.39 is 6.04 Å². The zero-order valence-electron chi connectivity index (χ0n) is 25.1. The Morgan fingerprint density at radius 2 is 2.05 bits per heavy atom. The molecular weight excluding hydrogens is 516 g/mol. The number of carbonyl (C=O) groups excluding carboxylic acids is 1. The molecule has 3 aliphatic heterocycles. The molecule has 0 saturated carbocycles. The van der Waals surface area contributed by atoms with Gasteiger partial charge in [-0.1, -0.05) is 25.1 Å². The van der Waals surface area contributed by atoms with E-state index >= 15 is 0 Å². The molecule has 3 aliphatic rings. The predicted octanol–water partition coefficient (Wildman–Crippen LogP) is 5.05. The molecule has 3 saturated heterocycles. The van der Waals surface area contributed by atoms with Crippen molar-refractivity contribution in [1.29, 1.82) is 0 Å². The minimum absolute atomic E-state index is 0.0697. The van der Waals surface area contributed by atoms with Gasteiger partial charge in [-0.2, -0.15) is 0 Å². The molecule has 1 aromatic carbocycles. The van der Waals surface area contributed by atoms with Crippen LogP contribution in [0.1, 0.15) is 63.9 Å². The van der Waals surface area contributed by atoms with E-state index in [4.69, 9.17) is 9.47 Å². The maximum absolute atomic E-state index is 13.3. The van der Waals surface area contributed by atoms with Crippen molar-refractivity contribution >= 4 is 16.8 Å². The first kappa shape index (κ1) is 29.2. The third-order valence-corrected chi connectivity index (χ3v) is 9.01. The molecular formula is C32H44N6O3. The Morgan fingerprint density at radius 3 is 2.71 bits per heavy atom. The van der Waals surface area contributed by atoms with Crippen LogP contribution in [0.4, 0.5) is 0 Å². The quantitative estimate of drug-likeness (QED) is 0.287. The first-order valence-corrected chi connectivity index (χ1v) is 15.0. The number of piperidine rings is 3. The molecule has 1 amide bonds. The summed E-state index contributed by atoms with van der Waals surface area (Å²) in [5, 5.41) is 9.88. The van der Waals surface area contributed by atoms with Crippen molar-refractivity contribution in [1.82, 2.24) is 29.8 Å². The summed E-state index contributed by atoms with van der Waals surface area (Å²) in [5.41, 5.74) is 2.73. The fourth-order valence-electron chi connectivity index (χ4n) is 6.74. The molecule has 1 unspecified atom stereocenters. The average Bonchev–Trinajstić information content (AvgIpc) is 3.46. The Hall–Kier alpha value is -3.30. The van der Waals surface area contributed by atoms with Crippen LogP contribution < -0.4 is 4.74 Å². The van der Waals surface area contributed by atoms with Crippen molar-refractivity contribution in [3.63, 3.8) is 0 Å². The van der Waals surface area contributed by atoms with Gasteiger partial charge in [0.2, 0.25) is 5.91 Å². The van der Waals surface area contributed by atoms with Crippen LogP contribution in [0.5, 0.6) is 5.75 Å². The number of likely N-dealkylation sites (N-methyl/N-ethyl adjacent to an activating group) is 1. The van der Waals surface area contributed by atoms with E-state index in [1.54, 1.807) is 11.8 Å². The molecule has 0 radical (unpaired) electrons. The van der Waals surface area contributed by atoms with Crippen molar-refractivity contribution < 1.29 is 14.3 Å². The number of carbonyl (C=O) groups is 1. The molecule has 41 heavy (non-hydrogen) atoms. The maximum atomic E-state index is 13.3. The maximum Gasteiger partial charge on any atom is 0.247 e. The number of methoxy groups -OCH3 is 1. The molecule has 2 bridgehead atoms. The molecule has 9 heteroatoms. The number of rotatable bonds is 12. The van der Waals surface area contributed by atoms with Crippen LogP contribution in [0.2, 0.25) is 0 Å². The Morgan fingerprint density at radius 1 is 1.24 bits per heavy atom. The molecule has 6 atom stereocenters. The molecule has 6 rings (SSSR count). The third kappa shape index (κ3) is 5.88. The van der Waals surface area contributed by atoms with Crippen LogP contribution in [0.15, 0.2) is 49.3 Å². The minimum atomic E-state index is -0.403. The number of nitrogens with zero attached hydrogens (tertiary/aromatic N) is 6. The van der Waals surface area contributed by atoms with Crippen molar-refractivity contribution in [2.24, 2.45) is 17.8 Å². The van der Waals surface area contributed by atoms with Gasteiger partial charge < -0.3 is 14.4 Å². The number of fused-ring (bicyclic) bond motifs is 4. The number of pyridine rings is 1. The van der Waals surface area contributed by atoms with Gasteiger partial charge in [0.1, 0.15) is 17.5 Å². The summed E-state index contributed by atoms with van der Waals surface area (Å²) in [6, 6.07) is 7.90. The van der Waals surface area contributed by atoms with Crippen LogP contribution in [-0.4, -0.2) is 75.0 Å². The molecule has 3 fully saturated rings. The number of amides is 1. The van der Waals surface area contributed by atoms with Crippen LogP contribution in [-0.2, 0) is 16.1 Å². The second-order valence-electron chi connectivity index (χ2n) is 11.7. The molecule has 0 spiro atoms. The Balaban J connectivity index is 1.45.